The zero-order valence-electron chi connectivity index (χ0n) is 19.6. The fourth-order valence-corrected chi connectivity index (χ4v) is 5.17. The van der Waals surface area contributed by atoms with Crippen molar-refractivity contribution in [1.29, 1.82) is 0 Å². The Kier molecular flexibility index (Phi) is 7.20. The summed E-state index contributed by atoms with van der Waals surface area (Å²) < 4.78 is 5.60. The molecule has 2 aliphatic rings. The largest absolute Gasteiger partial charge is 0.481 e. The van der Waals surface area contributed by atoms with Crippen LogP contribution >= 0.6 is 0 Å². The molecule has 1 saturated carbocycles. The van der Waals surface area contributed by atoms with Crippen LogP contribution in [-0.4, -0.2) is 41.8 Å². The van der Waals surface area contributed by atoms with Gasteiger partial charge in [-0.15, -0.1) is 0 Å². The van der Waals surface area contributed by atoms with Crippen molar-refractivity contribution in [3.05, 3.63) is 59.7 Å². The average molecular weight is 465 g/mol. The topological polar surface area (TPSA) is 105 Å². The smallest absolute Gasteiger partial charge is 0.407 e. The van der Waals surface area contributed by atoms with E-state index in [0.29, 0.717) is 12.8 Å². The molecule has 7 nitrogen and oxygen atoms in total. The number of carboxylic acid groups (broad SMARTS) is 1. The van der Waals surface area contributed by atoms with E-state index in [2.05, 4.69) is 34.9 Å². The van der Waals surface area contributed by atoms with Crippen molar-refractivity contribution in [3.8, 4) is 11.1 Å². The van der Waals surface area contributed by atoms with Gasteiger partial charge in [-0.1, -0.05) is 75.2 Å². The molecule has 2 aliphatic carbocycles. The minimum atomic E-state index is -0.893. The Labute approximate surface area is 199 Å². The van der Waals surface area contributed by atoms with Gasteiger partial charge >= 0.3 is 12.1 Å². The molecule has 7 heteroatoms. The van der Waals surface area contributed by atoms with Crippen molar-refractivity contribution < 1.29 is 24.2 Å². The van der Waals surface area contributed by atoms with Gasteiger partial charge in [0, 0.05) is 12.0 Å². The molecule has 0 spiro atoms. The SMILES string of the molecule is CC(C)[C@@H](NC(=O)OCC1c2ccccc2-c2ccccc21)C(=O)N[C@@H]1CCCC[C@@H]1C(=O)O. The van der Waals surface area contributed by atoms with E-state index in [1.165, 1.54) is 0 Å². The Bertz CT molecular complexity index is 1020. The molecule has 0 heterocycles. The lowest BCUT2D eigenvalue weighted by molar-refractivity contribution is -0.144. The number of rotatable bonds is 7. The molecule has 3 atom stereocenters. The third kappa shape index (κ3) is 4.93. The quantitative estimate of drug-likeness (QED) is 0.566. The monoisotopic (exact) mass is 464 g/mol. The second-order valence-electron chi connectivity index (χ2n) is 9.54. The Morgan fingerprint density at radius 1 is 0.971 bits per heavy atom. The summed E-state index contributed by atoms with van der Waals surface area (Å²) in [5, 5.41) is 15.1. The van der Waals surface area contributed by atoms with Crippen molar-refractivity contribution in [2.24, 2.45) is 11.8 Å². The van der Waals surface area contributed by atoms with Crippen LogP contribution in [0, 0.1) is 11.8 Å². The van der Waals surface area contributed by atoms with E-state index in [1.807, 2.05) is 38.1 Å². The predicted octanol–water partition coefficient (Wildman–Crippen LogP) is 4.31. The maximum atomic E-state index is 13.0. The first-order chi connectivity index (χ1) is 16.4. The molecule has 0 aromatic heterocycles. The number of alkyl carbamates (subject to hydrolysis) is 1. The maximum absolute atomic E-state index is 13.0. The molecule has 180 valence electrons. The average Bonchev–Trinajstić information content (AvgIpc) is 3.15. The molecule has 2 amide bonds. The minimum Gasteiger partial charge on any atom is -0.481 e. The molecule has 2 aromatic carbocycles. The number of hydrogen-bond donors (Lipinski definition) is 3. The summed E-state index contributed by atoms with van der Waals surface area (Å²) in [7, 11) is 0. The van der Waals surface area contributed by atoms with Crippen LogP contribution in [0.3, 0.4) is 0 Å². The first kappa shape index (κ1) is 23.8. The van der Waals surface area contributed by atoms with E-state index in [9.17, 15) is 19.5 Å². The molecule has 2 aromatic rings. The number of carbonyl (C=O) groups excluding carboxylic acids is 2. The van der Waals surface area contributed by atoms with Crippen LogP contribution in [0.15, 0.2) is 48.5 Å². The third-order valence-electron chi connectivity index (χ3n) is 6.98. The van der Waals surface area contributed by atoms with Crippen LogP contribution in [0.25, 0.3) is 11.1 Å². The molecule has 0 saturated heterocycles. The van der Waals surface area contributed by atoms with Gasteiger partial charge in [-0.2, -0.15) is 0 Å². The van der Waals surface area contributed by atoms with Crippen molar-refractivity contribution >= 4 is 18.0 Å². The minimum absolute atomic E-state index is 0.0666. The van der Waals surface area contributed by atoms with Gasteiger partial charge in [0.15, 0.2) is 0 Å². The van der Waals surface area contributed by atoms with Gasteiger partial charge in [0.2, 0.25) is 5.91 Å². The number of hydrogen-bond acceptors (Lipinski definition) is 4. The van der Waals surface area contributed by atoms with Gasteiger partial charge in [0.1, 0.15) is 12.6 Å². The van der Waals surface area contributed by atoms with Crippen LogP contribution in [0.5, 0.6) is 0 Å². The van der Waals surface area contributed by atoms with Gasteiger partial charge in [0.25, 0.3) is 0 Å². The predicted molar refractivity (Wildman–Crippen MR) is 128 cm³/mol. The standard InChI is InChI=1S/C27H32N2O5/c1-16(2)24(25(30)28-23-14-8-7-13-21(23)26(31)32)29-27(33)34-15-22-19-11-5-3-9-17(19)18-10-4-6-12-20(18)22/h3-6,9-12,16,21-24H,7-8,13-15H2,1-2H3,(H,28,30)(H,29,33)(H,31,32)/t21-,23+,24+/m0/s1. The number of nitrogens with one attached hydrogen (secondary N) is 2. The fourth-order valence-electron chi connectivity index (χ4n) is 5.17. The van der Waals surface area contributed by atoms with Crippen molar-refractivity contribution in [2.45, 2.75) is 57.5 Å². The van der Waals surface area contributed by atoms with Crippen LogP contribution in [0.4, 0.5) is 4.79 Å². The number of benzene rings is 2. The Hall–Kier alpha value is -3.35. The second kappa shape index (κ2) is 10.3. The fraction of sp³-hybridized carbons (Fsp3) is 0.444. The number of fused-ring (bicyclic) bond motifs is 3. The second-order valence-corrected chi connectivity index (χ2v) is 9.54. The molecule has 0 radical (unpaired) electrons. The number of carboxylic acids is 1. The normalized spacial score (nSPS) is 20.2. The highest BCUT2D eigenvalue weighted by Gasteiger charge is 2.35. The molecule has 0 aliphatic heterocycles. The molecular formula is C27H32N2O5. The lowest BCUT2D eigenvalue weighted by Crippen LogP contribution is -2.54. The lowest BCUT2D eigenvalue weighted by atomic mass is 9.84. The van der Waals surface area contributed by atoms with Gasteiger partial charge in [-0.3, -0.25) is 9.59 Å². The first-order valence-electron chi connectivity index (χ1n) is 12.0. The van der Waals surface area contributed by atoms with E-state index < -0.39 is 30.1 Å². The summed E-state index contributed by atoms with van der Waals surface area (Å²) in [5.74, 6) is -2.12. The number of ether oxygens (including phenoxy) is 1. The van der Waals surface area contributed by atoms with Gasteiger partial charge in [0.05, 0.1) is 5.92 Å². The van der Waals surface area contributed by atoms with Crippen molar-refractivity contribution in [3.63, 3.8) is 0 Å². The highest BCUT2D eigenvalue weighted by molar-refractivity contribution is 5.87. The third-order valence-corrected chi connectivity index (χ3v) is 6.98. The Morgan fingerprint density at radius 2 is 1.56 bits per heavy atom. The zero-order chi connectivity index (χ0) is 24.2. The zero-order valence-corrected chi connectivity index (χ0v) is 19.6. The Balaban J connectivity index is 1.39. The maximum Gasteiger partial charge on any atom is 0.407 e. The Morgan fingerprint density at radius 3 is 2.15 bits per heavy atom. The highest BCUT2D eigenvalue weighted by Crippen LogP contribution is 2.44. The van der Waals surface area contributed by atoms with E-state index in [-0.39, 0.29) is 24.3 Å². The molecular weight excluding hydrogens is 432 g/mol. The first-order valence-corrected chi connectivity index (χ1v) is 12.0. The molecule has 1 fully saturated rings. The number of amides is 2. The summed E-state index contributed by atoms with van der Waals surface area (Å²) in [6, 6.07) is 15.0. The summed E-state index contributed by atoms with van der Waals surface area (Å²) in [5.41, 5.74) is 4.53. The molecule has 3 N–H and O–H groups in total. The van der Waals surface area contributed by atoms with E-state index in [4.69, 9.17) is 4.74 Å². The summed E-state index contributed by atoms with van der Waals surface area (Å²) in [6.07, 6.45) is 2.23. The van der Waals surface area contributed by atoms with E-state index in [0.717, 1.165) is 35.1 Å². The van der Waals surface area contributed by atoms with Gasteiger partial charge in [-0.05, 0) is 41.0 Å². The van der Waals surface area contributed by atoms with Crippen molar-refractivity contribution in [2.75, 3.05) is 6.61 Å². The molecule has 34 heavy (non-hydrogen) atoms. The van der Waals surface area contributed by atoms with Crippen LogP contribution < -0.4 is 10.6 Å². The van der Waals surface area contributed by atoms with Crippen LogP contribution in [0.1, 0.15) is 56.6 Å². The van der Waals surface area contributed by atoms with Crippen molar-refractivity contribution in [1.82, 2.24) is 10.6 Å². The van der Waals surface area contributed by atoms with E-state index in [1.54, 1.807) is 0 Å². The summed E-state index contributed by atoms with van der Waals surface area (Å²) in [6.45, 7) is 3.84. The van der Waals surface area contributed by atoms with E-state index >= 15 is 0 Å². The van der Waals surface area contributed by atoms with Crippen LogP contribution in [-0.2, 0) is 14.3 Å². The number of aliphatic carboxylic acids is 1. The van der Waals surface area contributed by atoms with Gasteiger partial charge in [-0.25, -0.2) is 4.79 Å². The van der Waals surface area contributed by atoms with Crippen LogP contribution in [0.2, 0.25) is 0 Å². The number of carbonyl (C=O) groups is 3. The lowest BCUT2D eigenvalue weighted by Gasteiger charge is -2.31. The highest BCUT2D eigenvalue weighted by atomic mass is 16.5. The summed E-state index contributed by atoms with van der Waals surface area (Å²) >= 11 is 0. The van der Waals surface area contributed by atoms with Gasteiger partial charge < -0.3 is 20.5 Å². The summed E-state index contributed by atoms with van der Waals surface area (Å²) in [4.78, 5) is 37.2. The molecule has 0 bridgehead atoms. The molecule has 4 rings (SSSR count). The molecule has 0 unspecified atom stereocenters.